The zero-order valence-corrected chi connectivity index (χ0v) is 16.2. The van der Waals surface area contributed by atoms with Crippen LogP contribution in [0.2, 0.25) is 0 Å². The maximum atomic E-state index is 12.6. The molecule has 0 bridgehead atoms. The second-order valence-corrected chi connectivity index (χ2v) is 7.82. The molecular formula is C19H26N4O2S. The molecule has 0 spiro atoms. The van der Waals surface area contributed by atoms with Crippen molar-refractivity contribution in [3.8, 4) is 0 Å². The highest BCUT2D eigenvalue weighted by Crippen LogP contribution is 2.24. The van der Waals surface area contributed by atoms with Gasteiger partial charge in [0.15, 0.2) is 0 Å². The number of aryl methyl sites for hydroxylation is 1. The maximum absolute atomic E-state index is 12.6. The highest BCUT2D eigenvalue weighted by atomic mass is 32.2. The van der Waals surface area contributed by atoms with Crippen molar-refractivity contribution >= 4 is 17.7 Å². The average molecular weight is 375 g/mol. The van der Waals surface area contributed by atoms with Crippen molar-refractivity contribution in [2.75, 3.05) is 26.2 Å². The van der Waals surface area contributed by atoms with Gasteiger partial charge < -0.3 is 14.7 Å². The molecule has 2 aromatic heterocycles. The number of hydrogen-bond acceptors (Lipinski definition) is 6. The van der Waals surface area contributed by atoms with Gasteiger partial charge in [-0.3, -0.25) is 4.79 Å². The van der Waals surface area contributed by atoms with Gasteiger partial charge in [-0.25, -0.2) is 4.98 Å². The second-order valence-electron chi connectivity index (χ2n) is 6.85. The Bertz CT molecular complexity index is 726. The van der Waals surface area contributed by atoms with Crippen LogP contribution < -0.4 is 5.32 Å². The van der Waals surface area contributed by atoms with E-state index in [9.17, 15) is 4.79 Å². The summed E-state index contributed by atoms with van der Waals surface area (Å²) in [6.45, 7) is 7.99. The van der Waals surface area contributed by atoms with E-state index in [1.54, 1.807) is 12.3 Å². The third-order valence-electron chi connectivity index (χ3n) is 4.64. The van der Waals surface area contributed by atoms with E-state index in [-0.39, 0.29) is 5.91 Å². The first kappa shape index (κ1) is 18.9. The maximum Gasteiger partial charge on any atom is 0.254 e. The van der Waals surface area contributed by atoms with Crippen molar-refractivity contribution in [1.82, 2.24) is 20.4 Å². The van der Waals surface area contributed by atoms with E-state index in [1.165, 1.54) is 24.6 Å². The fourth-order valence-electron chi connectivity index (χ4n) is 3.02. The Kier molecular flexibility index (Phi) is 6.68. The van der Waals surface area contributed by atoms with E-state index in [0.717, 1.165) is 42.0 Å². The number of aromatic nitrogens is 2. The molecule has 2 aromatic rings. The lowest BCUT2D eigenvalue weighted by Gasteiger charge is -2.30. The standard InChI is InChI=1S/C19H26N4O2S/c1-14-5-9-23(10-6-14)11-8-20-18(24)17-4-3-7-21-19(17)26-13-16-12-15(2)25-22-16/h3-4,7,12,14H,5-6,8-11,13H2,1-2H3,(H,20,24). The lowest BCUT2D eigenvalue weighted by atomic mass is 9.99. The molecule has 6 nitrogen and oxygen atoms in total. The number of hydrogen-bond donors (Lipinski definition) is 1. The lowest BCUT2D eigenvalue weighted by Crippen LogP contribution is -2.39. The number of carbonyl (C=O) groups is 1. The molecule has 26 heavy (non-hydrogen) atoms. The predicted octanol–water partition coefficient (Wildman–Crippen LogP) is 3.13. The van der Waals surface area contributed by atoms with Crippen LogP contribution in [0.3, 0.4) is 0 Å². The first-order valence-corrected chi connectivity index (χ1v) is 10.1. The van der Waals surface area contributed by atoms with E-state index in [0.29, 0.717) is 17.9 Å². The topological polar surface area (TPSA) is 71.3 Å². The van der Waals surface area contributed by atoms with Crippen LogP contribution in [-0.4, -0.2) is 47.1 Å². The molecule has 1 N–H and O–H groups in total. The molecule has 3 heterocycles. The van der Waals surface area contributed by atoms with Crippen molar-refractivity contribution in [2.45, 2.75) is 37.5 Å². The Balaban J connectivity index is 1.50. The number of pyridine rings is 1. The number of rotatable bonds is 7. The van der Waals surface area contributed by atoms with Crippen molar-refractivity contribution in [1.29, 1.82) is 0 Å². The Hall–Kier alpha value is -1.86. The number of thioether (sulfide) groups is 1. The molecule has 1 fully saturated rings. The molecule has 0 saturated carbocycles. The molecule has 0 aliphatic carbocycles. The molecule has 0 atom stereocenters. The Labute approximate surface area is 158 Å². The van der Waals surface area contributed by atoms with E-state index < -0.39 is 0 Å². The molecule has 1 amide bonds. The quantitative estimate of drug-likeness (QED) is 0.751. The summed E-state index contributed by atoms with van der Waals surface area (Å²) < 4.78 is 5.08. The van der Waals surface area contributed by atoms with Crippen LogP contribution in [0.15, 0.2) is 33.9 Å². The molecule has 140 valence electrons. The molecular weight excluding hydrogens is 348 g/mol. The first-order valence-electron chi connectivity index (χ1n) is 9.12. The first-order chi connectivity index (χ1) is 12.6. The summed E-state index contributed by atoms with van der Waals surface area (Å²) in [5.41, 5.74) is 1.47. The third kappa shape index (κ3) is 5.32. The van der Waals surface area contributed by atoms with Gasteiger partial charge in [-0.2, -0.15) is 0 Å². The monoisotopic (exact) mass is 374 g/mol. The Morgan fingerprint density at radius 2 is 2.23 bits per heavy atom. The number of piperidine rings is 1. The fraction of sp³-hybridized carbons (Fsp3) is 0.526. The minimum absolute atomic E-state index is 0.0673. The molecule has 0 unspecified atom stereocenters. The molecule has 3 rings (SSSR count). The van der Waals surface area contributed by atoms with E-state index >= 15 is 0 Å². The molecule has 1 aliphatic heterocycles. The molecule has 1 aliphatic rings. The highest BCUT2D eigenvalue weighted by Gasteiger charge is 2.17. The van der Waals surface area contributed by atoms with Gasteiger partial charge in [0.05, 0.1) is 11.3 Å². The SMILES string of the molecule is Cc1cc(CSc2ncccc2C(=O)NCCN2CCC(C)CC2)no1. The fourth-order valence-corrected chi connectivity index (χ4v) is 3.89. The summed E-state index contributed by atoms with van der Waals surface area (Å²) in [6.07, 6.45) is 4.21. The summed E-state index contributed by atoms with van der Waals surface area (Å²) in [6, 6.07) is 5.52. The van der Waals surface area contributed by atoms with Crippen LogP contribution >= 0.6 is 11.8 Å². The van der Waals surface area contributed by atoms with Crippen molar-refractivity contribution in [3.05, 3.63) is 41.4 Å². The van der Waals surface area contributed by atoms with Gasteiger partial charge in [-0.1, -0.05) is 23.8 Å². The number of carbonyl (C=O) groups excluding carboxylic acids is 1. The van der Waals surface area contributed by atoms with Gasteiger partial charge in [0, 0.05) is 31.1 Å². The van der Waals surface area contributed by atoms with Crippen LogP contribution in [0.4, 0.5) is 0 Å². The second kappa shape index (κ2) is 9.19. The Morgan fingerprint density at radius 3 is 2.96 bits per heavy atom. The summed E-state index contributed by atoms with van der Waals surface area (Å²) in [4.78, 5) is 19.3. The van der Waals surface area contributed by atoms with Gasteiger partial charge in [0.25, 0.3) is 5.91 Å². The normalized spacial score (nSPS) is 15.9. The number of nitrogens with zero attached hydrogens (tertiary/aromatic N) is 3. The van der Waals surface area contributed by atoms with E-state index in [4.69, 9.17) is 4.52 Å². The van der Waals surface area contributed by atoms with Crippen molar-refractivity contribution in [3.63, 3.8) is 0 Å². The minimum atomic E-state index is -0.0673. The minimum Gasteiger partial charge on any atom is -0.361 e. The molecule has 0 aromatic carbocycles. The van der Waals surface area contributed by atoms with E-state index in [1.807, 2.05) is 19.1 Å². The van der Waals surface area contributed by atoms with Gasteiger partial charge in [-0.05, 0) is 50.9 Å². The predicted molar refractivity (Wildman–Crippen MR) is 102 cm³/mol. The van der Waals surface area contributed by atoms with Gasteiger partial charge in [0.1, 0.15) is 10.8 Å². The number of amides is 1. The summed E-state index contributed by atoms with van der Waals surface area (Å²) >= 11 is 1.50. The smallest absolute Gasteiger partial charge is 0.254 e. The van der Waals surface area contributed by atoms with Gasteiger partial charge >= 0.3 is 0 Å². The van der Waals surface area contributed by atoms with Crippen LogP contribution in [0.5, 0.6) is 0 Å². The summed E-state index contributed by atoms with van der Waals surface area (Å²) in [5.74, 6) is 2.17. The van der Waals surface area contributed by atoms with Crippen molar-refractivity contribution in [2.24, 2.45) is 5.92 Å². The zero-order chi connectivity index (χ0) is 18.4. The van der Waals surface area contributed by atoms with Crippen LogP contribution in [-0.2, 0) is 5.75 Å². The van der Waals surface area contributed by atoms with Crippen LogP contribution in [0.25, 0.3) is 0 Å². The van der Waals surface area contributed by atoms with Gasteiger partial charge in [0.2, 0.25) is 0 Å². The number of nitrogens with one attached hydrogen (secondary N) is 1. The summed E-state index contributed by atoms with van der Waals surface area (Å²) in [5, 5.41) is 7.73. The van der Waals surface area contributed by atoms with Crippen molar-refractivity contribution < 1.29 is 9.32 Å². The third-order valence-corrected chi connectivity index (χ3v) is 5.68. The lowest BCUT2D eigenvalue weighted by molar-refractivity contribution is 0.0941. The highest BCUT2D eigenvalue weighted by molar-refractivity contribution is 7.98. The molecule has 1 saturated heterocycles. The molecule has 0 radical (unpaired) electrons. The summed E-state index contributed by atoms with van der Waals surface area (Å²) in [7, 11) is 0. The Morgan fingerprint density at radius 1 is 1.42 bits per heavy atom. The average Bonchev–Trinajstić information content (AvgIpc) is 3.07. The van der Waals surface area contributed by atoms with Crippen LogP contribution in [0.1, 0.15) is 41.6 Å². The largest absolute Gasteiger partial charge is 0.361 e. The zero-order valence-electron chi connectivity index (χ0n) is 15.4. The number of likely N-dealkylation sites (tertiary alicyclic amines) is 1. The molecule has 7 heteroatoms. The van der Waals surface area contributed by atoms with Gasteiger partial charge in [-0.15, -0.1) is 0 Å². The van der Waals surface area contributed by atoms with E-state index in [2.05, 4.69) is 27.3 Å². The van der Waals surface area contributed by atoms with Crippen LogP contribution in [0, 0.1) is 12.8 Å².